The maximum absolute atomic E-state index is 12.5. The van der Waals surface area contributed by atoms with Crippen LogP contribution in [0.1, 0.15) is 28.4 Å². The van der Waals surface area contributed by atoms with Gasteiger partial charge in [-0.05, 0) is 50.2 Å². The Kier molecular flexibility index (Phi) is 6.05. The van der Waals surface area contributed by atoms with E-state index >= 15 is 0 Å². The fourth-order valence-corrected chi connectivity index (χ4v) is 2.13. The van der Waals surface area contributed by atoms with Crippen LogP contribution in [0.5, 0.6) is 11.5 Å². The molecule has 0 saturated carbocycles. The molecule has 0 atom stereocenters. The van der Waals surface area contributed by atoms with Crippen molar-refractivity contribution in [2.45, 2.75) is 20.5 Å². The van der Waals surface area contributed by atoms with E-state index in [0.29, 0.717) is 22.6 Å². The molecule has 0 aliphatic rings. The van der Waals surface area contributed by atoms with Gasteiger partial charge < -0.3 is 9.47 Å². The third-order valence-electron chi connectivity index (χ3n) is 3.42. The second kappa shape index (κ2) is 8.23. The zero-order chi connectivity index (χ0) is 18.4. The van der Waals surface area contributed by atoms with Crippen LogP contribution in [0.4, 0.5) is 8.78 Å². The van der Waals surface area contributed by atoms with E-state index in [4.69, 9.17) is 4.74 Å². The largest absolute Gasteiger partial charge is 0.497 e. The molecule has 2 rings (SSSR count). The van der Waals surface area contributed by atoms with E-state index in [-0.39, 0.29) is 5.75 Å². The van der Waals surface area contributed by atoms with Crippen LogP contribution >= 0.6 is 0 Å². The Hall–Kier alpha value is -2.96. The molecule has 25 heavy (non-hydrogen) atoms. The van der Waals surface area contributed by atoms with E-state index in [2.05, 4.69) is 15.3 Å². The number of aryl methyl sites for hydroxylation is 1. The van der Waals surface area contributed by atoms with Crippen molar-refractivity contribution in [3.8, 4) is 11.5 Å². The van der Waals surface area contributed by atoms with Gasteiger partial charge in [-0.1, -0.05) is 11.6 Å². The first kappa shape index (κ1) is 18.4. The molecule has 0 aliphatic heterocycles. The third kappa shape index (κ3) is 5.00. The SMILES string of the molecule is COc1ccc(C(=O)N/N=C(/C)c2cc(C)ccc2OC(F)F)cc1. The van der Waals surface area contributed by atoms with E-state index in [1.54, 1.807) is 43.3 Å². The summed E-state index contributed by atoms with van der Waals surface area (Å²) in [4.78, 5) is 12.1. The van der Waals surface area contributed by atoms with Gasteiger partial charge >= 0.3 is 6.61 Å². The minimum Gasteiger partial charge on any atom is -0.497 e. The lowest BCUT2D eigenvalue weighted by Gasteiger charge is -2.11. The van der Waals surface area contributed by atoms with Gasteiger partial charge in [0.15, 0.2) is 0 Å². The van der Waals surface area contributed by atoms with Gasteiger partial charge in [0.2, 0.25) is 0 Å². The zero-order valence-corrected chi connectivity index (χ0v) is 14.0. The smallest absolute Gasteiger partial charge is 0.387 e. The minimum atomic E-state index is -2.94. The Morgan fingerprint density at radius 2 is 1.84 bits per heavy atom. The van der Waals surface area contributed by atoms with Crippen LogP contribution in [-0.4, -0.2) is 25.3 Å². The van der Waals surface area contributed by atoms with Crippen LogP contribution in [0.3, 0.4) is 0 Å². The van der Waals surface area contributed by atoms with Crippen molar-refractivity contribution < 1.29 is 23.0 Å². The van der Waals surface area contributed by atoms with Crippen molar-refractivity contribution >= 4 is 11.6 Å². The average molecular weight is 348 g/mol. The Bertz CT molecular complexity index is 774. The molecule has 0 fully saturated rings. The summed E-state index contributed by atoms with van der Waals surface area (Å²) in [5.41, 5.74) is 4.38. The highest BCUT2D eigenvalue weighted by molar-refractivity contribution is 6.02. The fraction of sp³-hybridized carbons (Fsp3) is 0.222. The summed E-state index contributed by atoms with van der Waals surface area (Å²) in [5, 5.41) is 3.98. The number of benzene rings is 2. The maximum Gasteiger partial charge on any atom is 0.387 e. The van der Waals surface area contributed by atoms with Crippen molar-refractivity contribution in [2.75, 3.05) is 7.11 Å². The molecule has 5 nitrogen and oxygen atoms in total. The van der Waals surface area contributed by atoms with Crippen LogP contribution in [0.15, 0.2) is 47.6 Å². The number of hydrazone groups is 1. The molecule has 0 heterocycles. The lowest BCUT2D eigenvalue weighted by atomic mass is 10.1. The van der Waals surface area contributed by atoms with Gasteiger partial charge in [0.05, 0.1) is 12.8 Å². The summed E-state index contributed by atoms with van der Waals surface area (Å²) >= 11 is 0. The molecule has 7 heteroatoms. The van der Waals surface area contributed by atoms with Gasteiger partial charge in [-0.15, -0.1) is 0 Å². The molecule has 0 unspecified atom stereocenters. The number of hydrogen-bond acceptors (Lipinski definition) is 4. The number of rotatable bonds is 6. The van der Waals surface area contributed by atoms with E-state index in [0.717, 1.165) is 5.56 Å². The molecule has 2 aromatic carbocycles. The van der Waals surface area contributed by atoms with Crippen molar-refractivity contribution in [3.63, 3.8) is 0 Å². The Morgan fingerprint density at radius 1 is 1.16 bits per heavy atom. The monoisotopic (exact) mass is 348 g/mol. The number of alkyl halides is 2. The Labute approximate surface area is 144 Å². The summed E-state index contributed by atoms with van der Waals surface area (Å²) in [6.45, 7) is 0.475. The number of carbonyl (C=O) groups excluding carboxylic acids is 1. The number of ether oxygens (including phenoxy) is 2. The normalized spacial score (nSPS) is 11.4. The molecular formula is C18H18F2N2O3. The standard InChI is InChI=1S/C18H18F2N2O3/c1-11-4-9-16(25-18(19)20)15(10-11)12(2)21-22-17(23)13-5-7-14(24-3)8-6-13/h4-10,18H,1-3H3,(H,22,23)/b21-12-. The second-order valence-electron chi connectivity index (χ2n) is 5.24. The molecule has 0 radical (unpaired) electrons. The van der Waals surface area contributed by atoms with Crippen LogP contribution in [0.25, 0.3) is 0 Å². The topological polar surface area (TPSA) is 59.9 Å². The van der Waals surface area contributed by atoms with Gasteiger partial charge in [0.1, 0.15) is 11.5 Å². The lowest BCUT2D eigenvalue weighted by molar-refractivity contribution is -0.0499. The van der Waals surface area contributed by atoms with Crippen LogP contribution in [0.2, 0.25) is 0 Å². The van der Waals surface area contributed by atoms with E-state index in [1.165, 1.54) is 13.2 Å². The van der Waals surface area contributed by atoms with E-state index in [1.807, 2.05) is 6.92 Å². The van der Waals surface area contributed by atoms with Crippen LogP contribution in [0, 0.1) is 6.92 Å². The molecule has 2 aromatic rings. The van der Waals surface area contributed by atoms with Gasteiger partial charge in [0, 0.05) is 11.1 Å². The molecule has 1 amide bonds. The van der Waals surface area contributed by atoms with Gasteiger partial charge in [0.25, 0.3) is 5.91 Å². The molecule has 0 aliphatic carbocycles. The summed E-state index contributed by atoms with van der Waals surface area (Å²) in [7, 11) is 1.53. The predicted octanol–water partition coefficient (Wildman–Crippen LogP) is 3.76. The van der Waals surface area contributed by atoms with Crippen LogP contribution in [-0.2, 0) is 0 Å². The van der Waals surface area contributed by atoms with E-state index < -0.39 is 12.5 Å². The number of amides is 1. The highest BCUT2D eigenvalue weighted by Gasteiger charge is 2.13. The quantitative estimate of drug-likeness (QED) is 0.639. The maximum atomic E-state index is 12.5. The molecule has 0 spiro atoms. The molecule has 1 N–H and O–H groups in total. The lowest BCUT2D eigenvalue weighted by Crippen LogP contribution is -2.19. The highest BCUT2D eigenvalue weighted by atomic mass is 19.3. The third-order valence-corrected chi connectivity index (χ3v) is 3.42. The zero-order valence-electron chi connectivity index (χ0n) is 14.0. The first-order valence-corrected chi connectivity index (χ1v) is 7.45. The van der Waals surface area contributed by atoms with Gasteiger partial charge in [-0.25, -0.2) is 5.43 Å². The predicted molar refractivity (Wildman–Crippen MR) is 90.5 cm³/mol. The highest BCUT2D eigenvalue weighted by Crippen LogP contribution is 2.23. The molecule has 0 bridgehead atoms. The second-order valence-corrected chi connectivity index (χ2v) is 5.24. The van der Waals surface area contributed by atoms with Gasteiger partial charge in [-0.2, -0.15) is 13.9 Å². The minimum absolute atomic E-state index is 0.000506. The number of carbonyl (C=O) groups is 1. The van der Waals surface area contributed by atoms with E-state index in [9.17, 15) is 13.6 Å². The Morgan fingerprint density at radius 3 is 2.44 bits per heavy atom. The number of nitrogens with zero attached hydrogens (tertiary/aromatic N) is 1. The number of nitrogens with one attached hydrogen (secondary N) is 1. The van der Waals surface area contributed by atoms with Gasteiger partial charge in [-0.3, -0.25) is 4.79 Å². The fourth-order valence-electron chi connectivity index (χ4n) is 2.13. The number of halogens is 2. The summed E-state index contributed by atoms with van der Waals surface area (Å²) < 4.78 is 34.6. The average Bonchev–Trinajstić information content (AvgIpc) is 2.60. The summed E-state index contributed by atoms with van der Waals surface area (Å²) in [6, 6.07) is 11.3. The molecule has 0 aromatic heterocycles. The number of hydrogen-bond donors (Lipinski definition) is 1. The van der Waals surface area contributed by atoms with Crippen molar-refractivity contribution in [1.82, 2.24) is 5.43 Å². The first-order valence-electron chi connectivity index (χ1n) is 7.45. The number of methoxy groups -OCH3 is 1. The molecule has 132 valence electrons. The summed E-state index contributed by atoms with van der Waals surface area (Å²) in [5.74, 6) is 0.205. The first-order chi connectivity index (χ1) is 11.9. The van der Waals surface area contributed by atoms with Crippen molar-refractivity contribution in [3.05, 3.63) is 59.2 Å². The van der Waals surface area contributed by atoms with Crippen molar-refractivity contribution in [2.24, 2.45) is 5.10 Å². The van der Waals surface area contributed by atoms with Crippen LogP contribution < -0.4 is 14.9 Å². The molecular weight excluding hydrogens is 330 g/mol. The molecule has 0 saturated heterocycles. The van der Waals surface area contributed by atoms with Crippen molar-refractivity contribution in [1.29, 1.82) is 0 Å². The Balaban J connectivity index is 2.17. The summed E-state index contributed by atoms with van der Waals surface area (Å²) in [6.07, 6.45) is 0.